The van der Waals surface area contributed by atoms with Gasteiger partial charge in [-0.2, -0.15) is 10.1 Å². The summed E-state index contributed by atoms with van der Waals surface area (Å²) in [6.07, 6.45) is 5.36. The van der Waals surface area contributed by atoms with E-state index in [0.29, 0.717) is 47.3 Å². The van der Waals surface area contributed by atoms with Gasteiger partial charge in [-0.15, -0.1) is 0 Å². The first-order valence-corrected chi connectivity index (χ1v) is 21.2. The van der Waals surface area contributed by atoms with Crippen LogP contribution in [0.4, 0.5) is 21.9 Å². The van der Waals surface area contributed by atoms with E-state index in [4.69, 9.17) is 0 Å². The molecule has 3 fully saturated rings. The number of imide groups is 2. The average molecular weight is 839 g/mol. The lowest BCUT2D eigenvalue weighted by molar-refractivity contribution is -0.122. The maximum absolute atomic E-state index is 13.6. The molecule has 0 aliphatic carbocycles. The van der Waals surface area contributed by atoms with Crippen molar-refractivity contribution in [3.8, 4) is 0 Å². The minimum absolute atomic E-state index is 0.0165. The lowest BCUT2D eigenvalue weighted by Gasteiger charge is -2.40. The number of fused-ring (bicyclic) bond motifs is 4. The standard InChI is InChI=1S/C44H46N12O6/c1-27-22-45-41(59)36-21-30-7-10-34(48-39(30)55(27)36)40(58)47-31-23-46-53(26-31)25-28-5-8-32(9-6-28)51-19-17-50(18-20-51)24-29-11-14-52(15-12-29)35-4-2-3-33-38(35)43(61)56(42(33)60)54-16-13-37(57)49-44(54)62/h2-10,21,23,26-27,29H,11-20,22,24-25H2,1H3,(H,45,59)(H,47,58)(H,49,57,62)/t27-/m1/s1. The van der Waals surface area contributed by atoms with Crippen LogP contribution in [0.15, 0.2) is 73.1 Å². The first kappa shape index (κ1) is 39.1. The highest BCUT2D eigenvalue weighted by atomic mass is 16.2. The van der Waals surface area contributed by atoms with Crippen LogP contribution in [-0.2, 0) is 11.3 Å². The molecule has 5 aliphatic heterocycles. The molecule has 1 atom stereocenters. The minimum Gasteiger partial charge on any atom is -0.371 e. The Morgan fingerprint density at radius 3 is 2.44 bits per heavy atom. The van der Waals surface area contributed by atoms with Crippen LogP contribution in [0.25, 0.3) is 11.0 Å². The summed E-state index contributed by atoms with van der Waals surface area (Å²) in [4.78, 5) is 88.4. The Morgan fingerprint density at radius 2 is 1.66 bits per heavy atom. The lowest BCUT2D eigenvalue weighted by Crippen LogP contribution is -2.58. The Hall–Kier alpha value is -7.08. The highest BCUT2D eigenvalue weighted by Gasteiger charge is 2.45. The van der Waals surface area contributed by atoms with Gasteiger partial charge in [-0.05, 0) is 73.7 Å². The fraction of sp³-hybridized carbons (Fsp3) is 0.364. The van der Waals surface area contributed by atoms with Gasteiger partial charge >= 0.3 is 6.03 Å². The number of carbonyl (C=O) groups is 6. The maximum atomic E-state index is 13.6. The van der Waals surface area contributed by atoms with E-state index in [1.54, 1.807) is 41.3 Å². The second kappa shape index (κ2) is 15.7. The third-order valence-corrected chi connectivity index (χ3v) is 12.7. The van der Waals surface area contributed by atoms with E-state index in [9.17, 15) is 28.8 Å². The minimum atomic E-state index is -0.770. The van der Waals surface area contributed by atoms with Crippen LogP contribution in [-0.4, -0.2) is 129 Å². The van der Waals surface area contributed by atoms with Gasteiger partial charge in [0, 0.05) is 76.0 Å². The van der Waals surface area contributed by atoms with Gasteiger partial charge in [0.25, 0.3) is 23.6 Å². The molecule has 18 nitrogen and oxygen atoms in total. The van der Waals surface area contributed by atoms with Crippen LogP contribution in [0.3, 0.4) is 0 Å². The summed E-state index contributed by atoms with van der Waals surface area (Å²) in [6, 6.07) is 18.3. The monoisotopic (exact) mass is 838 g/mol. The number of aromatic nitrogens is 4. The molecule has 0 bridgehead atoms. The molecular weight excluding hydrogens is 793 g/mol. The molecule has 5 aromatic rings. The van der Waals surface area contributed by atoms with Gasteiger partial charge in [-0.3, -0.25) is 38.9 Å². The number of benzene rings is 2. The molecule has 0 saturated carbocycles. The molecule has 8 heterocycles. The summed E-state index contributed by atoms with van der Waals surface area (Å²) in [5.74, 6) is -1.50. The molecule has 318 valence electrons. The number of amides is 7. The molecule has 10 rings (SSSR count). The van der Waals surface area contributed by atoms with Crippen molar-refractivity contribution in [3.05, 3.63) is 101 Å². The maximum Gasteiger partial charge on any atom is 0.343 e. The quantitative estimate of drug-likeness (QED) is 0.185. The van der Waals surface area contributed by atoms with Crippen molar-refractivity contribution in [1.29, 1.82) is 0 Å². The third-order valence-electron chi connectivity index (χ3n) is 12.7. The fourth-order valence-electron chi connectivity index (χ4n) is 9.37. The molecule has 18 heteroatoms. The van der Waals surface area contributed by atoms with E-state index in [2.05, 4.69) is 65.0 Å². The number of rotatable bonds is 9. The fourth-order valence-corrected chi connectivity index (χ4v) is 9.37. The predicted octanol–water partition coefficient (Wildman–Crippen LogP) is 3.33. The van der Waals surface area contributed by atoms with Crippen molar-refractivity contribution in [3.63, 3.8) is 0 Å². The van der Waals surface area contributed by atoms with E-state index in [-0.39, 0.29) is 42.1 Å². The molecule has 62 heavy (non-hydrogen) atoms. The first-order chi connectivity index (χ1) is 30.1. The van der Waals surface area contributed by atoms with Crippen LogP contribution >= 0.6 is 0 Å². The van der Waals surface area contributed by atoms with Gasteiger partial charge in [-0.25, -0.2) is 14.8 Å². The predicted molar refractivity (Wildman–Crippen MR) is 228 cm³/mol. The van der Waals surface area contributed by atoms with E-state index in [0.717, 1.165) is 79.6 Å². The highest BCUT2D eigenvalue weighted by Crippen LogP contribution is 2.35. The molecule has 3 N–H and O–H groups in total. The Kier molecular flexibility index (Phi) is 9.93. The zero-order valence-electron chi connectivity index (χ0n) is 34.2. The Balaban J connectivity index is 0.688. The van der Waals surface area contributed by atoms with Gasteiger partial charge in [0.15, 0.2) is 0 Å². The van der Waals surface area contributed by atoms with Crippen LogP contribution in [0.1, 0.15) is 79.5 Å². The summed E-state index contributed by atoms with van der Waals surface area (Å²) in [6.45, 7) is 9.33. The summed E-state index contributed by atoms with van der Waals surface area (Å²) >= 11 is 0. The smallest absolute Gasteiger partial charge is 0.343 e. The highest BCUT2D eigenvalue weighted by molar-refractivity contribution is 6.24. The number of nitrogens with one attached hydrogen (secondary N) is 3. The van der Waals surface area contributed by atoms with Gasteiger partial charge in [-0.1, -0.05) is 18.2 Å². The molecule has 0 radical (unpaired) electrons. The Labute approximate surface area is 356 Å². The van der Waals surface area contributed by atoms with Crippen LogP contribution in [0, 0.1) is 5.92 Å². The number of urea groups is 1. The topological polar surface area (TPSA) is 190 Å². The number of hydrogen-bond acceptors (Lipinski definition) is 11. The molecule has 7 amide bonds. The molecule has 2 aromatic carbocycles. The molecule has 5 aliphatic rings. The number of anilines is 3. The van der Waals surface area contributed by atoms with Crippen LogP contribution < -0.4 is 25.8 Å². The summed E-state index contributed by atoms with van der Waals surface area (Å²) < 4.78 is 3.68. The van der Waals surface area contributed by atoms with Crippen LogP contribution in [0.5, 0.6) is 0 Å². The molecular formula is C44H46N12O6. The number of pyridine rings is 1. The zero-order valence-corrected chi connectivity index (χ0v) is 34.2. The third kappa shape index (κ3) is 7.18. The Bertz CT molecular complexity index is 2640. The SMILES string of the molecule is C[C@@H]1CNC(=O)c2cc3ccc(C(=O)Nc4cnn(Cc5ccc(N6CCN(CC7CCN(c8cccc9c8C(=O)N(N8CCC(=O)NC8=O)C9=O)CC7)CC6)cc5)c4)nc3n21. The largest absolute Gasteiger partial charge is 0.371 e. The van der Waals surface area contributed by atoms with Gasteiger partial charge in [0.05, 0.1) is 47.8 Å². The van der Waals surface area contributed by atoms with Crippen molar-refractivity contribution in [2.45, 2.75) is 38.8 Å². The number of piperidine rings is 1. The lowest BCUT2D eigenvalue weighted by atomic mass is 9.94. The van der Waals surface area contributed by atoms with Crippen molar-refractivity contribution in [2.24, 2.45) is 5.92 Å². The normalized spacial score (nSPS) is 19.8. The second-order valence-corrected chi connectivity index (χ2v) is 16.7. The molecule has 0 unspecified atom stereocenters. The van der Waals surface area contributed by atoms with Gasteiger partial charge < -0.3 is 25.0 Å². The van der Waals surface area contributed by atoms with Crippen LogP contribution in [0.2, 0.25) is 0 Å². The number of carbonyl (C=O) groups excluding carboxylic acids is 6. The van der Waals surface area contributed by atoms with Crippen molar-refractivity contribution >= 4 is 63.7 Å². The number of hydrogen-bond donors (Lipinski definition) is 3. The van der Waals surface area contributed by atoms with E-state index >= 15 is 0 Å². The second-order valence-electron chi connectivity index (χ2n) is 16.7. The molecule has 3 saturated heterocycles. The van der Waals surface area contributed by atoms with E-state index < -0.39 is 23.8 Å². The summed E-state index contributed by atoms with van der Waals surface area (Å²) in [7, 11) is 0. The van der Waals surface area contributed by atoms with Gasteiger partial charge in [0.2, 0.25) is 5.91 Å². The van der Waals surface area contributed by atoms with E-state index in [1.165, 1.54) is 5.69 Å². The summed E-state index contributed by atoms with van der Waals surface area (Å²) in [5.41, 5.74) is 5.54. The van der Waals surface area contributed by atoms with E-state index in [1.807, 2.05) is 23.6 Å². The summed E-state index contributed by atoms with van der Waals surface area (Å²) in [5, 5.41) is 15.2. The number of hydrazine groups is 1. The van der Waals surface area contributed by atoms with Crippen molar-refractivity contribution < 1.29 is 28.8 Å². The first-order valence-electron chi connectivity index (χ1n) is 21.2. The number of piperazine rings is 1. The molecule has 0 spiro atoms. The van der Waals surface area contributed by atoms with Crippen molar-refractivity contribution in [2.75, 3.05) is 74.0 Å². The average Bonchev–Trinajstić information content (AvgIpc) is 3.97. The molecule has 3 aromatic heterocycles. The van der Waals surface area contributed by atoms with Gasteiger partial charge in [0.1, 0.15) is 17.0 Å². The zero-order chi connectivity index (χ0) is 42.6. The van der Waals surface area contributed by atoms with Crippen molar-refractivity contribution in [1.82, 2.24) is 44.9 Å². The Morgan fingerprint density at radius 1 is 0.871 bits per heavy atom. The number of nitrogens with zero attached hydrogens (tertiary/aromatic N) is 9.